The summed E-state index contributed by atoms with van der Waals surface area (Å²) in [6, 6.07) is 18.6. The maximum absolute atomic E-state index is 12.5. The number of hydrogen-bond acceptors (Lipinski definition) is 5. The Morgan fingerprint density at radius 1 is 1.13 bits per heavy atom. The molecule has 152 valence electrons. The summed E-state index contributed by atoms with van der Waals surface area (Å²) in [4.78, 5) is 22.7. The van der Waals surface area contributed by atoms with Crippen molar-refractivity contribution in [1.29, 1.82) is 0 Å². The molecule has 1 unspecified atom stereocenters. The lowest BCUT2D eigenvalue weighted by Gasteiger charge is -2.14. The maximum Gasteiger partial charge on any atom is 0.230 e. The predicted molar refractivity (Wildman–Crippen MR) is 117 cm³/mol. The van der Waals surface area contributed by atoms with Gasteiger partial charge in [-0.15, -0.1) is 0 Å². The van der Waals surface area contributed by atoms with Gasteiger partial charge in [0.05, 0.1) is 24.9 Å². The maximum atomic E-state index is 12.5. The van der Waals surface area contributed by atoms with Gasteiger partial charge < -0.3 is 14.6 Å². The number of carbonyl (C=O) groups is 1. The second kappa shape index (κ2) is 8.45. The molecule has 1 saturated heterocycles. The van der Waals surface area contributed by atoms with Gasteiger partial charge in [0.1, 0.15) is 29.0 Å². The van der Waals surface area contributed by atoms with E-state index in [0.29, 0.717) is 16.4 Å². The molecule has 5 rings (SSSR count). The van der Waals surface area contributed by atoms with Gasteiger partial charge in [0.25, 0.3) is 0 Å². The number of fused-ring (bicyclic) bond motifs is 3. The molecule has 3 heterocycles. The normalized spacial score (nSPS) is 18.8. The van der Waals surface area contributed by atoms with Gasteiger partial charge in [-0.25, -0.2) is 9.97 Å². The first kappa shape index (κ1) is 19.1. The molecule has 1 fully saturated rings. The summed E-state index contributed by atoms with van der Waals surface area (Å²) in [6.45, 7) is 3.05. The number of thioether (sulfide) groups is 1. The standard InChI is InChI=1S/C23H22N4O2S/c28-20(26-17-10-11-27(13-17)12-16-6-2-1-3-7-16)14-30-23-22-21(24-15-25-23)18-8-4-5-9-19(18)29-22/h1-9,15,17H,10-14H2,(H,26,28)/p+1/t17-/m1/s1. The summed E-state index contributed by atoms with van der Waals surface area (Å²) in [5, 5.41) is 4.85. The van der Waals surface area contributed by atoms with E-state index in [1.54, 1.807) is 0 Å². The van der Waals surface area contributed by atoms with Crippen LogP contribution in [0.2, 0.25) is 0 Å². The van der Waals surface area contributed by atoms with Crippen molar-refractivity contribution in [2.75, 3.05) is 18.8 Å². The van der Waals surface area contributed by atoms with Crippen LogP contribution in [0.4, 0.5) is 0 Å². The van der Waals surface area contributed by atoms with Crippen molar-refractivity contribution in [1.82, 2.24) is 15.3 Å². The molecular weight excluding hydrogens is 396 g/mol. The lowest BCUT2D eigenvalue weighted by Crippen LogP contribution is -3.09. The van der Waals surface area contributed by atoms with Crippen molar-refractivity contribution in [3.63, 3.8) is 0 Å². The molecule has 30 heavy (non-hydrogen) atoms. The molecule has 6 nitrogen and oxygen atoms in total. The molecule has 0 saturated carbocycles. The van der Waals surface area contributed by atoms with Crippen molar-refractivity contribution < 1.29 is 14.1 Å². The Bertz CT molecular complexity index is 1180. The summed E-state index contributed by atoms with van der Waals surface area (Å²) >= 11 is 1.40. The first-order valence-corrected chi connectivity index (χ1v) is 11.2. The second-order valence-corrected chi connectivity index (χ2v) is 8.63. The molecule has 7 heteroatoms. The summed E-state index contributed by atoms with van der Waals surface area (Å²) in [5.41, 5.74) is 3.57. The summed E-state index contributed by atoms with van der Waals surface area (Å²) < 4.78 is 5.94. The SMILES string of the molecule is O=C(CSc1ncnc2c1oc1ccccc12)N[C@@H]1CC[NH+](Cc2ccccc2)C1. The van der Waals surface area contributed by atoms with Gasteiger partial charge in [-0.1, -0.05) is 54.2 Å². The number of para-hydroxylation sites is 1. The molecule has 1 aliphatic rings. The minimum atomic E-state index is 0.0360. The van der Waals surface area contributed by atoms with E-state index in [9.17, 15) is 4.79 Å². The molecule has 2 atom stereocenters. The third kappa shape index (κ3) is 4.04. The Morgan fingerprint density at radius 3 is 2.87 bits per heavy atom. The van der Waals surface area contributed by atoms with Crippen LogP contribution in [-0.2, 0) is 11.3 Å². The molecule has 1 aliphatic heterocycles. The second-order valence-electron chi connectivity index (χ2n) is 7.66. The lowest BCUT2D eigenvalue weighted by molar-refractivity contribution is -0.901. The molecule has 0 radical (unpaired) electrons. The zero-order valence-electron chi connectivity index (χ0n) is 16.5. The summed E-state index contributed by atoms with van der Waals surface area (Å²) in [5.74, 6) is 0.349. The number of nitrogens with one attached hydrogen (secondary N) is 2. The highest BCUT2D eigenvalue weighted by Gasteiger charge is 2.27. The number of carbonyl (C=O) groups excluding carboxylic acids is 1. The molecule has 2 N–H and O–H groups in total. The van der Waals surface area contributed by atoms with Crippen LogP contribution in [0.1, 0.15) is 12.0 Å². The largest absolute Gasteiger partial charge is 0.451 e. The number of benzene rings is 2. The van der Waals surface area contributed by atoms with Crippen LogP contribution in [0.5, 0.6) is 0 Å². The fourth-order valence-electron chi connectivity index (χ4n) is 4.11. The van der Waals surface area contributed by atoms with Crippen LogP contribution in [-0.4, -0.2) is 40.8 Å². The van der Waals surface area contributed by atoms with Crippen LogP contribution in [0.3, 0.4) is 0 Å². The fraction of sp³-hybridized carbons (Fsp3) is 0.261. The Balaban J connectivity index is 1.18. The minimum Gasteiger partial charge on any atom is -0.451 e. The zero-order chi connectivity index (χ0) is 20.3. The van der Waals surface area contributed by atoms with E-state index >= 15 is 0 Å². The molecule has 4 aromatic rings. The third-order valence-corrected chi connectivity index (χ3v) is 6.48. The lowest BCUT2D eigenvalue weighted by atomic mass is 10.2. The number of nitrogens with zero attached hydrogens (tertiary/aromatic N) is 2. The van der Waals surface area contributed by atoms with Crippen molar-refractivity contribution in [2.45, 2.75) is 24.0 Å². The number of aromatic nitrogens is 2. The Hall–Kier alpha value is -2.90. The molecule has 0 bridgehead atoms. The van der Waals surface area contributed by atoms with Crippen LogP contribution in [0.15, 0.2) is 70.4 Å². The van der Waals surface area contributed by atoms with E-state index in [-0.39, 0.29) is 11.9 Å². The van der Waals surface area contributed by atoms with E-state index < -0.39 is 0 Å². The van der Waals surface area contributed by atoms with Crippen molar-refractivity contribution in [2.24, 2.45) is 0 Å². The highest BCUT2D eigenvalue weighted by Crippen LogP contribution is 2.32. The minimum absolute atomic E-state index is 0.0360. The number of furan rings is 1. The van der Waals surface area contributed by atoms with Crippen LogP contribution < -0.4 is 10.2 Å². The van der Waals surface area contributed by atoms with Gasteiger partial charge in [-0.2, -0.15) is 0 Å². The topological polar surface area (TPSA) is 72.5 Å². The van der Waals surface area contributed by atoms with Gasteiger partial charge in [-0.05, 0) is 12.1 Å². The van der Waals surface area contributed by atoms with Crippen molar-refractivity contribution in [3.8, 4) is 0 Å². The molecule has 1 amide bonds. The zero-order valence-corrected chi connectivity index (χ0v) is 17.3. The quantitative estimate of drug-likeness (QED) is 0.371. The number of hydrogen-bond donors (Lipinski definition) is 2. The molecular formula is C23H23N4O2S+. The van der Waals surface area contributed by atoms with Crippen molar-refractivity contribution in [3.05, 3.63) is 66.5 Å². The van der Waals surface area contributed by atoms with Gasteiger partial charge >= 0.3 is 0 Å². The monoisotopic (exact) mass is 419 g/mol. The number of quaternary nitrogens is 1. The Kier molecular flexibility index (Phi) is 5.38. The highest BCUT2D eigenvalue weighted by atomic mass is 32.2. The van der Waals surface area contributed by atoms with Crippen LogP contribution in [0.25, 0.3) is 22.1 Å². The third-order valence-electron chi connectivity index (χ3n) is 5.51. The fourth-order valence-corrected chi connectivity index (χ4v) is 4.85. The smallest absolute Gasteiger partial charge is 0.230 e. The van der Waals surface area contributed by atoms with Crippen LogP contribution in [0, 0.1) is 0 Å². The molecule has 2 aromatic carbocycles. The van der Waals surface area contributed by atoms with E-state index in [1.165, 1.54) is 28.6 Å². The summed E-state index contributed by atoms with van der Waals surface area (Å²) in [7, 11) is 0. The van der Waals surface area contributed by atoms with Crippen LogP contribution >= 0.6 is 11.8 Å². The number of amides is 1. The molecule has 2 aromatic heterocycles. The predicted octanol–water partition coefficient (Wildman–Crippen LogP) is 2.44. The highest BCUT2D eigenvalue weighted by molar-refractivity contribution is 8.00. The average molecular weight is 420 g/mol. The first-order valence-electron chi connectivity index (χ1n) is 10.2. The van der Waals surface area contributed by atoms with Gasteiger partial charge in [-0.3, -0.25) is 4.79 Å². The van der Waals surface area contributed by atoms with Gasteiger partial charge in [0.15, 0.2) is 5.58 Å². The Labute approximate surface area is 178 Å². The van der Waals surface area contributed by atoms with Gasteiger partial charge in [0.2, 0.25) is 5.91 Å². The molecule has 0 spiro atoms. The van der Waals surface area contributed by atoms with E-state index in [4.69, 9.17) is 4.42 Å². The average Bonchev–Trinajstić information content (AvgIpc) is 3.37. The first-order chi connectivity index (χ1) is 14.8. The van der Waals surface area contributed by atoms with E-state index in [2.05, 4.69) is 39.6 Å². The van der Waals surface area contributed by atoms with E-state index in [0.717, 1.165) is 42.5 Å². The number of rotatable bonds is 6. The molecule has 0 aliphatic carbocycles. The van der Waals surface area contributed by atoms with Gasteiger partial charge in [0, 0.05) is 17.4 Å². The summed E-state index contributed by atoms with van der Waals surface area (Å²) in [6.07, 6.45) is 2.55. The van der Waals surface area contributed by atoms with Crippen molar-refractivity contribution >= 4 is 39.7 Å². The van der Waals surface area contributed by atoms with E-state index in [1.807, 2.05) is 30.3 Å². The number of likely N-dealkylation sites (tertiary alicyclic amines) is 1. The Morgan fingerprint density at radius 2 is 1.97 bits per heavy atom.